The van der Waals surface area contributed by atoms with Gasteiger partial charge in [0.1, 0.15) is 0 Å². The molecular weight excluding hydrogens is 384 g/mol. The summed E-state index contributed by atoms with van der Waals surface area (Å²) in [7, 11) is 0. The zero-order valence-electron chi connectivity index (χ0n) is 14.7. The minimum absolute atomic E-state index is 0.0712. The Bertz CT molecular complexity index is 873. The van der Waals surface area contributed by atoms with Gasteiger partial charge in [-0.1, -0.05) is 30.3 Å². The molecule has 0 saturated heterocycles. The van der Waals surface area contributed by atoms with Crippen molar-refractivity contribution in [1.29, 1.82) is 0 Å². The summed E-state index contributed by atoms with van der Waals surface area (Å²) >= 11 is 0. The van der Waals surface area contributed by atoms with Crippen LogP contribution in [0.5, 0.6) is 0 Å². The van der Waals surface area contributed by atoms with Crippen molar-refractivity contribution in [1.82, 2.24) is 5.32 Å². The van der Waals surface area contributed by atoms with E-state index in [1.54, 1.807) is 0 Å². The number of halogens is 6. The van der Waals surface area contributed by atoms with Crippen molar-refractivity contribution >= 4 is 5.91 Å². The first-order valence-electron chi connectivity index (χ1n) is 8.62. The van der Waals surface area contributed by atoms with Crippen molar-refractivity contribution in [3.8, 4) is 0 Å². The third-order valence-electron chi connectivity index (χ3n) is 4.87. The van der Waals surface area contributed by atoms with Crippen molar-refractivity contribution in [2.75, 3.05) is 0 Å². The summed E-state index contributed by atoms with van der Waals surface area (Å²) in [4.78, 5) is 12.4. The van der Waals surface area contributed by atoms with E-state index < -0.39 is 47.3 Å². The number of hydrogen-bond acceptors (Lipinski definition) is 1. The van der Waals surface area contributed by atoms with E-state index in [0.29, 0.717) is 0 Å². The Morgan fingerprint density at radius 3 is 2.32 bits per heavy atom. The number of rotatable bonds is 4. The molecule has 0 spiro atoms. The molecule has 2 nitrogen and oxygen atoms in total. The van der Waals surface area contributed by atoms with Crippen LogP contribution in [0.2, 0.25) is 0 Å². The second kappa shape index (κ2) is 7.14. The van der Waals surface area contributed by atoms with Crippen LogP contribution in [0, 0.1) is 5.92 Å². The van der Waals surface area contributed by atoms with Gasteiger partial charge >= 0.3 is 12.4 Å². The largest absolute Gasteiger partial charge is 0.416 e. The summed E-state index contributed by atoms with van der Waals surface area (Å²) in [5.41, 5.74) is -1.24. The highest BCUT2D eigenvalue weighted by molar-refractivity contribution is 5.83. The fourth-order valence-corrected chi connectivity index (χ4v) is 3.30. The third-order valence-corrected chi connectivity index (χ3v) is 4.87. The number of carbonyl (C=O) groups excluding carboxylic acids is 1. The molecule has 1 saturated carbocycles. The van der Waals surface area contributed by atoms with Crippen molar-refractivity contribution in [2.45, 2.75) is 37.7 Å². The van der Waals surface area contributed by atoms with Crippen LogP contribution in [-0.4, -0.2) is 5.91 Å². The molecule has 8 heteroatoms. The molecule has 1 fully saturated rings. The Morgan fingerprint density at radius 2 is 1.68 bits per heavy atom. The monoisotopic (exact) mass is 401 g/mol. The summed E-state index contributed by atoms with van der Waals surface area (Å²) < 4.78 is 77.9. The average molecular weight is 401 g/mol. The first-order chi connectivity index (χ1) is 13.0. The van der Waals surface area contributed by atoms with E-state index >= 15 is 0 Å². The zero-order chi connectivity index (χ0) is 20.7. The molecule has 1 aliphatic rings. The number of amides is 1. The van der Waals surface area contributed by atoms with E-state index in [-0.39, 0.29) is 17.5 Å². The maximum absolute atomic E-state index is 13.1. The predicted octanol–water partition coefficient (Wildman–Crippen LogP) is 5.71. The van der Waals surface area contributed by atoms with Gasteiger partial charge in [-0.15, -0.1) is 0 Å². The van der Waals surface area contributed by atoms with E-state index in [1.807, 2.05) is 0 Å². The molecule has 3 unspecified atom stereocenters. The van der Waals surface area contributed by atoms with E-state index in [0.717, 1.165) is 18.2 Å². The summed E-state index contributed by atoms with van der Waals surface area (Å²) in [6, 6.07) is 9.02. The maximum atomic E-state index is 13.1. The lowest BCUT2D eigenvalue weighted by Crippen LogP contribution is -2.28. The molecule has 150 valence electrons. The minimum Gasteiger partial charge on any atom is -0.349 e. The summed E-state index contributed by atoms with van der Waals surface area (Å²) in [6.45, 7) is 1.54. The Morgan fingerprint density at radius 1 is 1.00 bits per heavy atom. The topological polar surface area (TPSA) is 29.1 Å². The van der Waals surface area contributed by atoms with Crippen molar-refractivity contribution in [3.05, 3.63) is 70.8 Å². The summed E-state index contributed by atoms with van der Waals surface area (Å²) in [6.07, 6.45) is -8.73. The molecule has 0 heterocycles. The van der Waals surface area contributed by atoms with Crippen molar-refractivity contribution in [3.63, 3.8) is 0 Å². The molecule has 0 aliphatic heterocycles. The van der Waals surface area contributed by atoms with Gasteiger partial charge in [0.15, 0.2) is 0 Å². The van der Waals surface area contributed by atoms with Crippen molar-refractivity contribution in [2.24, 2.45) is 5.92 Å². The second-order valence-electron chi connectivity index (χ2n) is 6.89. The zero-order valence-corrected chi connectivity index (χ0v) is 14.7. The molecule has 2 aromatic rings. The van der Waals surface area contributed by atoms with E-state index in [1.165, 1.54) is 37.3 Å². The highest BCUT2D eigenvalue weighted by Gasteiger charge is 2.48. The standard InChI is InChI=1S/C20H17F6NO/c1-11(12-5-4-6-13(9-12)19(21,22)23)27-18(28)16-10-15(16)14-7-2-3-8-17(14)20(24,25)26/h2-9,11,15-16H,10H2,1H3,(H,27,28). The molecule has 1 N–H and O–H groups in total. The fourth-order valence-electron chi connectivity index (χ4n) is 3.30. The molecule has 0 bridgehead atoms. The Balaban J connectivity index is 1.70. The van der Waals surface area contributed by atoms with Crippen LogP contribution in [0.3, 0.4) is 0 Å². The number of hydrogen-bond donors (Lipinski definition) is 1. The first-order valence-corrected chi connectivity index (χ1v) is 8.62. The van der Waals surface area contributed by atoms with Gasteiger partial charge in [-0.3, -0.25) is 4.79 Å². The maximum Gasteiger partial charge on any atom is 0.416 e. The van der Waals surface area contributed by atoms with Gasteiger partial charge in [-0.05, 0) is 48.6 Å². The molecule has 0 aromatic heterocycles. The smallest absolute Gasteiger partial charge is 0.349 e. The number of benzene rings is 2. The summed E-state index contributed by atoms with van der Waals surface area (Å²) in [5.74, 6) is -1.64. The van der Waals surface area contributed by atoms with Gasteiger partial charge in [0.25, 0.3) is 0 Å². The quantitative estimate of drug-likeness (QED) is 0.654. The van der Waals surface area contributed by atoms with Crippen LogP contribution in [0.15, 0.2) is 48.5 Å². The second-order valence-corrected chi connectivity index (χ2v) is 6.89. The number of alkyl halides is 6. The first kappa shape index (κ1) is 20.2. The molecule has 1 aliphatic carbocycles. The van der Waals surface area contributed by atoms with Gasteiger partial charge < -0.3 is 5.32 Å². The lowest BCUT2D eigenvalue weighted by molar-refractivity contribution is -0.138. The Labute approximate surface area is 157 Å². The van der Waals surface area contributed by atoms with Crippen molar-refractivity contribution < 1.29 is 31.1 Å². The lowest BCUT2D eigenvalue weighted by atomic mass is 10.0. The van der Waals surface area contributed by atoms with E-state index in [4.69, 9.17) is 0 Å². The Hall–Kier alpha value is -2.51. The average Bonchev–Trinajstić information content (AvgIpc) is 3.41. The molecule has 0 radical (unpaired) electrons. The fraction of sp³-hybridized carbons (Fsp3) is 0.350. The molecule has 28 heavy (non-hydrogen) atoms. The van der Waals surface area contributed by atoms with Gasteiger partial charge in [0.2, 0.25) is 5.91 Å². The SMILES string of the molecule is CC(NC(=O)C1CC1c1ccccc1C(F)(F)F)c1cccc(C(F)(F)F)c1. The minimum atomic E-state index is -4.51. The highest BCUT2D eigenvalue weighted by atomic mass is 19.4. The van der Waals surface area contributed by atoms with Crippen LogP contribution in [0.1, 0.15) is 47.6 Å². The van der Waals surface area contributed by atoms with Crippen LogP contribution >= 0.6 is 0 Å². The number of carbonyl (C=O) groups is 1. The van der Waals surface area contributed by atoms with E-state index in [9.17, 15) is 31.1 Å². The molecule has 3 rings (SSSR count). The predicted molar refractivity (Wildman–Crippen MR) is 90.3 cm³/mol. The van der Waals surface area contributed by atoms with Gasteiger partial charge in [-0.2, -0.15) is 26.3 Å². The number of nitrogens with one attached hydrogen (secondary N) is 1. The summed E-state index contributed by atoms with van der Waals surface area (Å²) in [5, 5.41) is 2.61. The normalized spacial score (nSPS) is 20.5. The Kier molecular flexibility index (Phi) is 5.16. The third kappa shape index (κ3) is 4.31. The lowest BCUT2D eigenvalue weighted by Gasteiger charge is -2.17. The van der Waals surface area contributed by atoms with E-state index in [2.05, 4.69) is 5.32 Å². The van der Waals surface area contributed by atoms with Gasteiger partial charge in [0, 0.05) is 5.92 Å². The van der Waals surface area contributed by atoms with Crippen LogP contribution in [0.25, 0.3) is 0 Å². The highest BCUT2D eigenvalue weighted by Crippen LogP contribution is 2.51. The molecule has 2 aromatic carbocycles. The molecule has 3 atom stereocenters. The molecule has 1 amide bonds. The van der Waals surface area contributed by atoms with Gasteiger partial charge in [0.05, 0.1) is 17.2 Å². The van der Waals surface area contributed by atoms with Crippen LogP contribution in [0.4, 0.5) is 26.3 Å². The van der Waals surface area contributed by atoms with Crippen LogP contribution < -0.4 is 5.32 Å². The van der Waals surface area contributed by atoms with Crippen LogP contribution in [-0.2, 0) is 17.1 Å². The molecular formula is C20H17F6NO. The van der Waals surface area contributed by atoms with Gasteiger partial charge in [-0.25, -0.2) is 0 Å².